The SMILES string of the molecule is CCCCCCCCCCCCCC/C=C/C(O)C(COC1OC(CO)C(O)C(OS(=O)(=O)O)C1O)NC(=O)CCCCCCCCCCCCCCCCCCCCCCCCCCCCCCCCCCCCCCCCC. The predicted octanol–water partition coefficient (Wildman–Crippen LogP) is 17.7. The monoisotopic (exact) mass is 1160 g/mol. The van der Waals surface area contributed by atoms with Gasteiger partial charge in [-0.3, -0.25) is 9.35 Å². The van der Waals surface area contributed by atoms with Crippen molar-refractivity contribution in [3.8, 4) is 0 Å². The van der Waals surface area contributed by atoms with Crippen LogP contribution in [0.3, 0.4) is 0 Å². The second-order valence-electron chi connectivity index (χ2n) is 24.5. The van der Waals surface area contributed by atoms with E-state index < -0.39 is 59.9 Å². The predicted molar refractivity (Wildman–Crippen MR) is 333 cm³/mol. The van der Waals surface area contributed by atoms with Crippen LogP contribution in [0.25, 0.3) is 0 Å². The van der Waals surface area contributed by atoms with Crippen LogP contribution in [-0.2, 0) is 28.9 Å². The molecule has 7 unspecified atom stereocenters. The molecule has 1 amide bonds. The van der Waals surface area contributed by atoms with Gasteiger partial charge in [0.2, 0.25) is 5.91 Å². The molecule has 0 bridgehead atoms. The smallest absolute Gasteiger partial charge is 0.394 e. The molecule has 6 N–H and O–H groups in total. The zero-order valence-corrected chi connectivity index (χ0v) is 53.0. The van der Waals surface area contributed by atoms with Crippen molar-refractivity contribution in [2.45, 2.75) is 397 Å². The summed E-state index contributed by atoms with van der Waals surface area (Å²) in [5, 5.41) is 45.0. The van der Waals surface area contributed by atoms with E-state index in [4.69, 9.17) is 9.47 Å². The number of ether oxygens (including phenoxy) is 2. The van der Waals surface area contributed by atoms with Crippen molar-refractivity contribution in [1.29, 1.82) is 0 Å². The molecule has 0 aromatic carbocycles. The van der Waals surface area contributed by atoms with E-state index in [9.17, 15) is 38.2 Å². The molecule has 0 spiro atoms. The van der Waals surface area contributed by atoms with E-state index in [1.54, 1.807) is 6.08 Å². The second kappa shape index (κ2) is 56.9. The summed E-state index contributed by atoms with van der Waals surface area (Å²) in [4.78, 5) is 13.2. The average molecular weight is 1160 g/mol. The van der Waals surface area contributed by atoms with E-state index in [0.717, 1.165) is 38.5 Å². The Hall–Kier alpha value is -1.16. The van der Waals surface area contributed by atoms with Gasteiger partial charge < -0.3 is 35.2 Å². The van der Waals surface area contributed by atoms with Gasteiger partial charge in [-0.05, 0) is 19.3 Å². The molecule has 1 rings (SSSR count). The Morgan fingerprint density at radius 2 is 0.787 bits per heavy atom. The third-order valence-corrected chi connectivity index (χ3v) is 17.3. The van der Waals surface area contributed by atoms with Crippen molar-refractivity contribution in [3.63, 3.8) is 0 Å². The van der Waals surface area contributed by atoms with Crippen LogP contribution in [0.2, 0.25) is 0 Å². The van der Waals surface area contributed by atoms with Crippen molar-refractivity contribution in [2.75, 3.05) is 13.2 Å². The van der Waals surface area contributed by atoms with Crippen LogP contribution in [0, 0.1) is 0 Å². The summed E-state index contributed by atoms with van der Waals surface area (Å²) in [6.07, 6.45) is 63.2. The van der Waals surface area contributed by atoms with E-state index in [0.29, 0.717) is 6.42 Å². The molecule has 7 atom stereocenters. The van der Waals surface area contributed by atoms with Gasteiger partial charge in [-0.1, -0.05) is 341 Å². The number of nitrogens with one attached hydrogen (secondary N) is 1. The minimum atomic E-state index is -5.09. The first kappa shape index (κ1) is 76.9. The highest BCUT2D eigenvalue weighted by Crippen LogP contribution is 2.26. The minimum Gasteiger partial charge on any atom is -0.394 e. The standard InChI is InChI=1S/C67H131NO11S/c1-3-5-7-9-11-13-15-17-19-20-21-22-23-24-25-26-27-28-29-30-31-32-33-34-35-36-37-38-39-40-41-42-43-45-47-49-51-53-55-57-63(71)68-60(59-77-67-65(73)66(79-80(74,75)76)64(72)62(58-69)78-67)61(70)56-54-52-50-48-46-44-18-16-14-12-10-8-6-4-2/h54,56,60-62,64-67,69-70,72-73H,3-53,55,57-59H2,1-2H3,(H,68,71)(H,74,75,76)/b56-54+. The lowest BCUT2D eigenvalue weighted by atomic mass is 9.99. The van der Waals surface area contributed by atoms with Gasteiger partial charge in [-0.25, -0.2) is 4.18 Å². The molecular formula is C67H131NO11S. The number of hydrogen-bond acceptors (Lipinski definition) is 10. The fourth-order valence-corrected chi connectivity index (χ4v) is 12.0. The highest BCUT2D eigenvalue weighted by molar-refractivity contribution is 7.80. The zero-order chi connectivity index (χ0) is 58.3. The topological polar surface area (TPSA) is 192 Å². The lowest BCUT2D eigenvalue weighted by Gasteiger charge is -2.41. The van der Waals surface area contributed by atoms with Crippen LogP contribution in [0.5, 0.6) is 0 Å². The Balaban J connectivity index is 2.11. The summed E-state index contributed by atoms with van der Waals surface area (Å²) in [7, 11) is -5.09. The molecular weight excluding hydrogens is 1030 g/mol. The Morgan fingerprint density at radius 1 is 0.487 bits per heavy atom. The Kier molecular flexibility index (Phi) is 54.7. The van der Waals surface area contributed by atoms with Crippen molar-refractivity contribution in [3.05, 3.63) is 12.2 Å². The zero-order valence-electron chi connectivity index (χ0n) is 52.2. The quantitative estimate of drug-likeness (QED) is 0.0193. The highest BCUT2D eigenvalue weighted by Gasteiger charge is 2.48. The van der Waals surface area contributed by atoms with Crippen LogP contribution in [0.4, 0.5) is 0 Å². The maximum absolute atomic E-state index is 13.2. The Bertz CT molecular complexity index is 1450. The molecule has 1 saturated heterocycles. The van der Waals surface area contributed by atoms with E-state index in [1.807, 2.05) is 6.08 Å². The summed E-state index contributed by atoms with van der Waals surface area (Å²) in [6.45, 7) is 3.44. The number of hydrogen-bond donors (Lipinski definition) is 6. The average Bonchev–Trinajstić information content (AvgIpc) is 3.47. The third kappa shape index (κ3) is 48.1. The lowest BCUT2D eigenvalue weighted by Crippen LogP contribution is -2.61. The largest absolute Gasteiger partial charge is 0.397 e. The number of allylic oxidation sites excluding steroid dienone is 1. The molecule has 0 aromatic rings. The summed E-state index contributed by atoms with van der Waals surface area (Å²) < 4.78 is 47.9. The second-order valence-corrected chi connectivity index (χ2v) is 25.5. The lowest BCUT2D eigenvalue weighted by molar-refractivity contribution is -0.298. The fraction of sp³-hybridized carbons (Fsp3) is 0.955. The van der Waals surface area contributed by atoms with E-state index in [-0.39, 0.29) is 18.9 Å². The first-order chi connectivity index (χ1) is 39.0. The molecule has 0 aliphatic carbocycles. The van der Waals surface area contributed by atoms with Crippen LogP contribution in [-0.4, -0.2) is 95.4 Å². The van der Waals surface area contributed by atoms with Crippen molar-refractivity contribution in [1.82, 2.24) is 5.32 Å². The van der Waals surface area contributed by atoms with E-state index >= 15 is 0 Å². The van der Waals surface area contributed by atoms with Crippen LogP contribution < -0.4 is 5.32 Å². The van der Waals surface area contributed by atoms with Gasteiger partial charge in [-0.15, -0.1) is 0 Å². The third-order valence-electron chi connectivity index (χ3n) is 16.8. The van der Waals surface area contributed by atoms with Gasteiger partial charge in [0, 0.05) is 6.42 Å². The maximum atomic E-state index is 13.2. The summed E-state index contributed by atoms with van der Waals surface area (Å²) in [6, 6.07) is -0.940. The summed E-state index contributed by atoms with van der Waals surface area (Å²) in [5.74, 6) is -0.255. The molecule has 0 radical (unpaired) electrons. The van der Waals surface area contributed by atoms with Crippen LogP contribution in [0.1, 0.15) is 354 Å². The van der Waals surface area contributed by atoms with Gasteiger partial charge in [0.1, 0.15) is 24.4 Å². The molecule has 476 valence electrons. The van der Waals surface area contributed by atoms with E-state index in [1.165, 1.54) is 289 Å². The van der Waals surface area contributed by atoms with Crippen LogP contribution >= 0.6 is 0 Å². The maximum Gasteiger partial charge on any atom is 0.397 e. The minimum absolute atomic E-state index is 0.255. The number of unbranched alkanes of at least 4 members (excludes halogenated alkanes) is 50. The molecule has 12 nitrogen and oxygen atoms in total. The fourth-order valence-electron chi connectivity index (χ4n) is 11.5. The number of aliphatic hydroxyl groups excluding tert-OH is 4. The first-order valence-electron chi connectivity index (χ1n) is 34.6. The number of aliphatic hydroxyl groups is 4. The Labute approximate surface area is 493 Å². The van der Waals surface area contributed by atoms with Gasteiger partial charge in [-0.2, -0.15) is 8.42 Å². The molecule has 13 heteroatoms. The molecule has 1 fully saturated rings. The van der Waals surface area contributed by atoms with Crippen molar-refractivity contribution in [2.24, 2.45) is 0 Å². The van der Waals surface area contributed by atoms with Gasteiger partial charge >= 0.3 is 10.4 Å². The van der Waals surface area contributed by atoms with Crippen molar-refractivity contribution >= 4 is 16.3 Å². The Morgan fingerprint density at radius 3 is 1.09 bits per heavy atom. The molecule has 0 aromatic heterocycles. The summed E-state index contributed by atoms with van der Waals surface area (Å²) in [5.41, 5.74) is 0. The summed E-state index contributed by atoms with van der Waals surface area (Å²) >= 11 is 0. The van der Waals surface area contributed by atoms with Gasteiger partial charge in [0.25, 0.3) is 0 Å². The van der Waals surface area contributed by atoms with E-state index in [2.05, 4.69) is 23.3 Å². The van der Waals surface area contributed by atoms with Crippen molar-refractivity contribution < 1.29 is 51.8 Å². The van der Waals surface area contributed by atoms with Crippen LogP contribution in [0.15, 0.2) is 12.2 Å². The molecule has 0 saturated carbocycles. The number of rotatable bonds is 62. The first-order valence-corrected chi connectivity index (χ1v) is 35.9. The molecule has 1 heterocycles. The number of amides is 1. The number of carbonyl (C=O) groups excluding carboxylic acids is 1. The molecule has 1 aliphatic heterocycles. The molecule has 80 heavy (non-hydrogen) atoms. The molecule has 1 aliphatic rings. The van der Waals surface area contributed by atoms with Gasteiger partial charge in [0.15, 0.2) is 6.29 Å². The number of carbonyl (C=O) groups is 1. The highest BCUT2D eigenvalue weighted by atomic mass is 32.3. The normalized spacial score (nSPS) is 18.6. The van der Waals surface area contributed by atoms with Gasteiger partial charge in [0.05, 0.1) is 25.4 Å².